The lowest BCUT2D eigenvalue weighted by molar-refractivity contribution is 0.0695. The van der Waals surface area contributed by atoms with E-state index in [4.69, 9.17) is 28.8 Å². The van der Waals surface area contributed by atoms with E-state index in [0.29, 0.717) is 0 Å². The van der Waals surface area contributed by atoms with Crippen molar-refractivity contribution in [1.29, 1.82) is 0 Å². The predicted molar refractivity (Wildman–Crippen MR) is 116 cm³/mol. The number of benzene rings is 2. The number of fused-ring (bicyclic) bond motifs is 1. The van der Waals surface area contributed by atoms with E-state index in [-0.39, 0.29) is 52.3 Å². The molecule has 0 saturated carbocycles. The van der Waals surface area contributed by atoms with Gasteiger partial charge >= 0.3 is 5.97 Å². The van der Waals surface area contributed by atoms with Gasteiger partial charge in [0.1, 0.15) is 11.4 Å². The van der Waals surface area contributed by atoms with Crippen LogP contribution in [0.1, 0.15) is 15.9 Å². The van der Waals surface area contributed by atoms with Crippen molar-refractivity contribution < 1.29 is 23.8 Å². The number of nitrogens with two attached hydrogens (primary N) is 3. The molecule has 0 radical (unpaired) electrons. The van der Waals surface area contributed by atoms with Crippen molar-refractivity contribution >= 4 is 45.5 Å². The first kappa shape index (κ1) is 21.8. The molecule has 1 aliphatic heterocycles. The van der Waals surface area contributed by atoms with Crippen molar-refractivity contribution in [1.82, 2.24) is 4.57 Å². The molecule has 0 aliphatic carbocycles. The number of aliphatic hydroxyl groups is 1. The third-order valence-electron chi connectivity index (χ3n) is 5.42. The Morgan fingerprint density at radius 3 is 2.47 bits per heavy atom. The molecule has 2 heterocycles. The van der Waals surface area contributed by atoms with Crippen molar-refractivity contribution in [2.24, 2.45) is 5.73 Å². The van der Waals surface area contributed by atoms with Gasteiger partial charge in [0, 0.05) is 30.9 Å². The highest BCUT2D eigenvalue weighted by atomic mass is 35.5. The minimum Gasteiger partial charge on any atom is -0.477 e. The fourth-order valence-electron chi connectivity index (χ4n) is 3.81. The van der Waals surface area contributed by atoms with Crippen LogP contribution in [0.4, 0.5) is 25.8 Å². The predicted octanol–water partition coefficient (Wildman–Crippen LogP) is 1.42. The molecule has 0 atom stereocenters. The summed E-state index contributed by atoms with van der Waals surface area (Å²) >= 11 is 6.55. The standard InChI is InChI=1S/C20H18ClF2N5O4/c21-14-17-13(16(26)15(23)18(14)27-3-8(24)4-27)19(30)9(20(31)32)5-28(17)12-2-11(25)10(22)1-7(12)6-29/h1-2,5,8,29H,3-4,6,24-26H2,(H,31,32). The van der Waals surface area contributed by atoms with Gasteiger partial charge in [-0.05, 0) is 12.1 Å². The summed E-state index contributed by atoms with van der Waals surface area (Å²) in [6.45, 7) is -0.0838. The zero-order chi connectivity index (χ0) is 23.5. The maximum atomic E-state index is 15.2. The highest BCUT2D eigenvalue weighted by Gasteiger charge is 2.32. The average Bonchev–Trinajstić information content (AvgIpc) is 2.72. The van der Waals surface area contributed by atoms with Crippen LogP contribution < -0.4 is 27.5 Å². The number of carbonyl (C=O) groups is 1. The summed E-state index contributed by atoms with van der Waals surface area (Å²) in [4.78, 5) is 26.2. The molecular formula is C20H18ClF2N5O4. The van der Waals surface area contributed by atoms with Gasteiger partial charge in [-0.1, -0.05) is 11.6 Å². The molecule has 12 heteroatoms. The van der Waals surface area contributed by atoms with Crippen LogP contribution in [0.2, 0.25) is 5.02 Å². The molecule has 0 unspecified atom stereocenters. The van der Waals surface area contributed by atoms with Crippen molar-refractivity contribution in [3.63, 3.8) is 0 Å². The number of nitrogen functional groups attached to an aromatic ring is 2. The molecule has 2 aromatic carbocycles. The number of carboxylic acids is 1. The number of aromatic carboxylic acids is 1. The lowest BCUT2D eigenvalue weighted by Crippen LogP contribution is -2.56. The normalized spacial score (nSPS) is 14.1. The van der Waals surface area contributed by atoms with Gasteiger partial charge in [0.2, 0.25) is 5.43 Å². The summed E-state index contributed by atoms with van der Waals surface area (Å²) in [7, 11) is 0. The van der Waals surface area contributed by atoms with E-state index < -0.39 is 46.3 Å². The number of hydrogen-bond donors (Lipinski definition) is 5. The maximum Gasteiger partial charge on any atom is 0.341 e. The van der Waals surface area contributed by atoms with Gasteiger partial charge in [0.15, 0.2) is 5.82 Å². The van der Waals surface area contributed by atoms with Gasteiger partial charge in [-0.25, -0.2) is 13.6 Å². The second-order valence-electron chi connectivity index (χ2n) is 7.49. The highest BCUT2D eigenvalue weighted by Crippen LogP contribution is 2.42. The fourth-order valence-corrected chi connectivity index (χ4v) is 4.20. The summed E-state index contributed by atoms with van der Waals surface area (Å²) in [6, 6.07) is 1.90. The lowest BCUT2D eigenvalue weighted by Gasteiger charge is -2.39. The molecule has 0 bridgehead atoms. The van der Waals surface area contributed by atoms with Crippen LogP contribution >= 0.6 is 11.6 Å². The third kappa shape index (κ3) is 3.13. The molecule has 4 rings (SSSR count). The van der Waals surface area contributed by atoms with Gasteiger partial charge in [0.25, 0.3) is 0 Å². The highest BCUT2D eigenvalue weighted by molar-refractivity contribution is 6.38. The van der Waals surface area contributed by atoms with Crippen molar-refractivity contribution in [2.45, 2.75) is 12.6 Å². The molecule has 0 amide bonds. The van der Waals surface area contributed by atoms with Gasteiger partial charge in [-0.2, -0.15) is 0 Å². The van der Waals surface area contributed by atoms with E-state index in [1.54, 1.807) is 0 Å². The minimum atomic E-state index is -1.60. The molecule has 8 N–H and O–H groups in total. The van der Waals surface area contributed by atoms with E-state index in [2.05, 4.69) is 0 Å². The monoisotopic (exact) mass is 465 g/mol. The number of rotatable bonds is 4. The average molecular weight is 466 g/mol. The van der Waals surface area contributed by atoms with Crippen molar-refractivity contribution in [3.8, 4) is 5.69 Å². The Kier molecular flexibility index (Phi) is 5.19. The molecular weight excluding hydrogens is 448 g/mol. The van der Waals surface area contributed by atoms with Crippen molar-refractivity contribution in [2.75, 3.05) is 29.5 Å². The number of anilines is 3. The zero-order valence-electron chi connectivity index (χ0n) is 16.4. The molecule has 32 heavy (non-hydrogen) atoms. The molecule has 1 aliphatic rings. The van der Waals surface area contributed by atoms with Crippen LogP contribution in [0.5, 0.6) is 0 Å². The number of aliphatic hydroxyl groups excluding tert-OH is 1. The fraction of sp³-hybridized carbons (Fsp3) is 0.200. The number of hydrogen-bond acceptors (Lipinski definition) is 7. The molecule has 1 aromatic heterocycles. The summed E-state index contributed by atoms with van der Waals surface area (Å²) < 4.78 is 30.3. The topological polar surface area (TPSA) is 161 Å². The second-order valence-corrected chi connectivity index (χ2v) is 7.86. The Balaban J connectivity index is 2.21. The first-order chi connectivity index (χ1) is 15.1. The maximum absolute atomic E-state index is 15.2. The van der Waals surface area contributed by atoms with Crippen LogP contribution in [0, 0.1) is 11.6 Å². The second kappa shape index (κ2) is 7.62. The van der Waals surface area contributed by atoms with Gasteiger partial charge in [0.05, 0.1) is 45.3 Å². The SMILES string of the molecule is Nc1cc(-n2cc(C(=O)O)c(=O)c3c(N)c(F)c(N4CC(N)C4)c(Cl)c32)c(CO)cc1F. The number of nitrogens with zero attached hydrogens (tertiary/aromatic N) is 2. The number of aromatic nitrogens is 1. The van der Waals surface area contributed by atoms with Crippen LogP contribution in [0.25, 0.3) is 16.6 Å². The van der Waals surface area contributed by atoms with Crippen LogP contribution in [0.15, 0.2) is 23.1 Å². The van der Waals surface area contributed by atoms with Gasteiger partial charge in [-0.15, -0.1) is 0 Å². The Morgan fingerprint density at radius 2 is 1.91 bits per heavy atom. The Morgan fingerprint density at radius 1 is 1.25 bits per heavy atom. The van der Waals surface area contributed by atoms with E-state index in [0.717, 1.165) is 22.9 Å². The molecule has 9 nitrogen and oxygen atoms in total. The smallest absolute Gasteiger partial charge is 0.341 e. The minimum absolute atomic E-state index is 0.0180. The Hall–Kier alpha value is -3.41. The van der Waals surface area contributed by atoms with Crippen molar-refractivity contribution in [3.05, 3.63) is 56.3 Å². The summed E-state index contributed by atoms with van der Waals surface area (Å²) in [5.74, 6) is -3.39. The van der Waals surface area contributed by atoms with Crippen LogP contribution in [0.3, 0.4) is 0 Å². The molecule has 3 aromatic rings. The van der Waals surface area contributed by atoms with E-state index in [9.17, 15) is 24.2 Å². The Labute approximate surface area is 184 Å². The quantitative estimate of drug-likeness (QED) is 0.361. The number of halogens is 3. The number of pyridine rings is 1. The Bertz CT molecular complexity index is 1350. The first-order valence-electron chi connectivity index (χ1n) is 9.35. The first-order valence-corrected chi connectivity index (χ1v) is 9.73. The van der Waals surface area contributed by atoms with Gasteiger partial charge in [-0.3, -0.25) is 4.79 Å². The van der Waals surface area contributed by atoms with Crippen LogP contribution in [-0.2, 0) is 6.61 Å². The summed E-state index contributed by atoms with van der Waals surface area (Å²) in [6.07, 6.45) is 0.952. The third-order valence-corrected chi connectivity index (χ3v) is 5.78. The van der Waals surface area contributed by atoms with E-state index in [1.165, 1.54) is 4.90 Å². The van der Waals surface area contributed by atoms with Crippen LogP contribution in [-0.4, -0.2) is 39.9 Å². The largest absolute Gasteiger partial charge is 0.477 e. The molecule has 1 fully saturated rings. The summed E-state index contributed by atoms with van der Waals surface area (Å²) in [5, 5.41) is 18.6. The number of carboxylic acid groups (broad SMARTS) is 1. The molecule has 1 saturated heterocycles. The molecule has 0 spiro atoms. The van der Waals surface area contributed by atoms with E-state index in [1.807, 2.05) is 0 Å². The zero-order valence-corrected chi connectivity index (χ0v) is 17.2. The lowest BCUT2D eigenvalue weighted by atomic mass is 10.0. The molecule has 168 valence electrons. The van der Waals surface area contributed by atoms with Gasteiger partial charge < -0.3 is 36.9 Å². The van der Waals surface area contributed by atoms with E-state index >= 15 is 4.39 Å². The summed E-state index contributed by atoms with van der Waals surface area (Å²) in [5.41, 5.74) is 14.6.